The molecule has 1 heterocycles. The minimum Gasteiger partial charge on any atom is -0.493 e. The third-order valence-corrected chi connectivity index (χ3v) is 6.16. The van der Waals surface area contributed by atoms with Crippen molar-refractivity contribution in [1.82, 2.24) is 5.32 Å². The van der Waals surface area contributed by atoms with Gasteiger partial charge in [-0.3, -0.25) is 4.79 Å². The van der Waals surface area contributed by atoms with Gasteiger partial charge in [-0.1, -0.05) is 29.8 Å². The fraction of sp³-hybridized carbons (Fsp3) is 0.435. The summed E-state index contributed by atoms with van der Waals surface area (Å²) in [6, 6.07) is 14.0. The lowest BCUT2D eigenvalue weighted by Crippen LogP contribution is -2.31. The van der Waals surface area contributed by atoms with E-state index >= 15 is 0 Å². The fourth-order valence-corrected chi connectivity index (χ4v) is 4.67. The summed E-state index contributed by atoms with van der Waals surface area (Å²) in [6.07, 6.45) is 6.03. The molecule has 5 heteroatoms. The van der Waals surface area contributed by atoms with Gasteiger partial charge in [0, 0.05) is 23.4 Å². The topological polar surface area (TPSA) is 47.6 Å². The largest absolute Gasteiger partial charge is 0.493 e. The van der Waals surface area contributed by atoms with Crippen molar-refractivity contribution in [1.29, 1.82) is 0 Å². The number of hydrogen-bond donors (Lipinski definition) is 1. The Morgan fingerprint density at radius 3 is 2.64 bits per heavy atom. The third-order valence-electron chi connectivity index (χ3n) is 5.93. The molecule has 1 N–H and O–H groups in total. The number of nitrogens with one attached hydrogen (secondary N) is 1. The Kier molecular flexibility index (Phi) is 5.49. The van der Waals surface area contributed by atoms with Gasteiger partial charge >= 0.3 is 0 Å². The van der Waals surface area contributed by atoms with Crippen LogP contribution in [0.3, 0.4) is 0 Å². The summed E-state index contributed by atoms with van der Waals surface area (Å²) in [5.41, 5.74) is 1.90. The molecule has 0 aromatic heterocycles. The van der Waals surface area contributed by atoms with E-state index in [1.807, 2.05) is 24.3 Å². The SMILES string of the molecule is COc1ccc([C@@]2(Cc3cccc(Cl)c3)CNC(=O)C2)cc1OC1CCCC1. The molecule has 2 aliphatic rings. The van der Waals surface area contributed by atoms with Gasteiger partial charge in [-0.05, 0) is 67.5 Å². The van der Waals surface area contributed by atoms with E-state index < -0.39 is 0 Å². The Balaban J connectivity index is 1.68. The van der Waals surface area contributed by atoms with Gasteiger partial charge < -0.3 is 14.8 Å². The summed E-state index contributed by atoms with van der Waals surface area (Å²) in [5, 5.41) is 3.73. The number of amides is 1. The molecule has 1 saturated carbocycles. The van der Waals surface area contributed by atoms with Crippen molar-refractivity contribution in [2.24, 2.45) is 0 Å². The summed E-state index contributed by atoms with van der Waals surface area (Å²) in [6.45, 7) is 0.605. The number of halogens is 1. The molecule has 1 aliphatic carbocycles. The highest BCUT2D eigenvalue weighted by atomic mass is 35.5. The zero-order valence-corrected chi connectivity index (χ0v) is 16.9. The monoisotopic (exact) mass is 399 g/mol. The van der Waals surface area contributed by atoms with E-state index in [0.717, 1.165) is 41.9 Å². The van der Waals surface area contributed by atoms with Crippen LogP contribution >= 0.6 is 11.6 Å². The lowest BCUT2D eigenvalue weighted by molar-refractivity contribution is -0.119. The average Bonchev–Trinajstić information content (AvgIpc) is 3.32. The average molecular weight is 400 g/mol. The smallest absolute Gasteiger partial charge is 0.221 e. The zero-order valence-electron chi connectivity index (χ0n) is 16.2. The van der Waals surface area contributed by atoms with Crippen LogP contribution in [0.4, 0.5) is 0 Å². The van der Waals surface area contributed by atoms with Gasteiger partial charge in [-0.25, -0.2) is 0 Å². The predicted octanol–water partition coefficient (Wildman–Crippen LogP) is 4.67. The number of methoxy groups -OCH3 is 1. The first-order valence-electron chi connectivity index (χ1n) is 9.94. The van der Waals surface area contributed by atoms with Gasteiger partial charge in [0.2, 0.25) is 5.91 Å². The highest BCUT2D eigenvalue weighted by Crippen LogP contribution is 2.40. The van der Waals surface area contributed by atoms with Gasteiger partial charge in [0.25, 0.3) is 0 Å². The minimum absolute atomic E-state index is 0.0797. The Hall–Kier alpha value is -2.20. The van der Waals surface area contributed by atoms with Crippen molar-refractivity contribution in [2.45, 2.75) is 50.0 Å². The molecule has 0 spiro atoms. The van der Waals surface area contributed by atoms with Crippen LogP contribution < -0.4 is 14.8 Å². The van der Waals surface area contributed by atoms with Crippen molar-refractivity contribution >= 4 is 17.5 Å². The summed E-state index contributed by atoms with van der Waals surface area (Å²) in [4.78, 5) is 12.2. The van der Waals surface area contributed by atoms with E-state index in [1.165, 1.54) is 12.8 Å². The summed E-state index contributed by atoms with van der Waals surface area (Å²) in [7, 11) is 1.67. The summed E-state index contributed by atoms with van der Waals surface area (Å²) in [5.74, 6) is 1.60. The van der Waals surface area contributed by atoms with Crippen molar-refractivity contribution in [3.05, 3.63) is 58.6 Å². The second-order valence-electron chi connectivity index (χ2n) is 7.93. The molecule has 4 nitrogen and oxygen atoms in total. The highest BCUT2D eigenvalue weighted by molar-refractivity contribution is 6.30. The third kappa shape index (κ3) is 3.97. The van der Waals surface area contributed by atoms with Gasteiger partial charge in [-0.2, -0.15) is 0 Å². The molecule has 4 rings (SSSR count). The normalized spacial score (nSPS) is 22.3. The van der Waals surface area contributed by atoms with E-state index in [9.17, 15) is 4.79 Å². The molecule has 0 radical (unpaired) electrons. The highest BCUT2D eigenvalue weighted by Gasteiger charge is 2.40. The quantitative estimate of drug-likeness (QED) is 0.767. The molecule has 2 aromatic rings. The van der Waals surface area contributed by atoms with Gasteiger partial charge in [-0.15, -0.1) is 0 Å². The molecular formula is C23H26ClNO3. The number of benzene rings is 2. The summed E-state index contributed by atoms with van der Waals surface area (Å²) < 4.78 is 11.8. The van der Waals surface area contributed by atoms with Crippen LogP contribution in [-0.4, -0.2) is 25.7 Å². The maximum absolute atomic E-state index is 12.2. The second kappa shape index (κ2) is 8.04. The predicted molar refractivity (Wildman–Crippen MR) is 110 cm³/mol. The first-order valence-corrected chi connectivity index (χ1v) is 10.3. The minimum atomic E-state index is -0.318. The van der Waals surface area contributed by atoms with Crippen LogP contribution in [0.5, 0.6) is 11.5 Å². The van der Waals surface area contributed by atoms with Crippen molar-refractivity contribution in [3.63, 3.8) is 0 Å². The van der Waals surface area contributed by atoms with E-state index in [4.69, 9.17) is 21.1 Å². The number of rotatable bonds is 6. The van der Waals surface area contributed by atoms with E-state index in [-0.39, 0.29) is 17.4 Å². The lowest BCUT2D eigenvalue weighted by Gasteiger charge is -2.29. The Morgan fingerprint density at radius 1 is 1.14 bits per heavy atom. The second-order valence-corrected chi connectivity index (χ2v) is 8.37. The molecule has 148 valence electrons. The van der Waals surface area contributed by atoms with Crippen LogP contribution in [0.15, 0.2) is 42.5 Å². The first-order chi connectivity index (χ1) is 13.6. The standard InChI is InChI=1S/C23H26ClNO3/c1-27-20-10-9-17(12-21(20)28-19-7-2-3-8-19)23(14-22(26)25-15-23)13-16-5-4-6-18(24)11-16/h4-6,9-12,19H,2-3,7-8,13-15H2,1H3,(H,25,26)/t23-/m1/s1. The molecular weight excluding hydrogens is 374 g/mol. The van der Waals surface area contributed by atoms with Gasteiger partial charge in [0.1, 0.15) is 0 Å². The van der Waals surface area contributed by atoms with Crippen LogP contribution in [-0.2, 0) is 16.6 Å². The fourth-order valence-electron chi connectivity index (χ4n) is 4.45. The molecule has 28 heavy (non-hydrogen) atoms. The van der Waals surface area contributed by atoms with Crippen molar-refractivity contribution in [3.8, 4) is 11.5 Å². The van der Waals surface area contributed by atoms with Gasteiger partial charge in [0.15, 0.2) is 11.5 Å². The Morgan fingerprint density at radius 2 is 1.96 bits per heavy atom. The van der Waals surface area contributed by atoms with E-state index in [2.05, 4.69) is 23.5 Å². The first kappa shape index (κ1) is 19.1. The maximum Gasteiger partial charge on any atom is 0.221 e. The van der Waals surface area contributed by atoms with Crippen LogP contribution in [0.25, 0.3) is 0 Å². The molecule has 1 aliphatic heterocycles. The Bertz CT molecular complexity index is 863. The van der Waals surface area contributed by atoms with Crippen LogP contribution in [0.1, 0.15) is 43.2 Å². The van der Waals surface area contributed by atoms with Crippen LogP contribution in [0.2, 0.25) is 5.02 Å². The van der Waals surface area contributed by atoms with Gasteiger partial charge in [0.05, 0.1) is 13.2 Å². The zero-order chi connectivity index (χ0) is 19.6. The van der Waals surface area contributed by atoms with Crippen molar-refractivity contribution < 1.29 is 14.3 Å². The summed E-state index contributed by atoms with van der Waals surface area (Å²) >= 11 is 6.19. The van der Waals surface area contributed by atoms with Crippen LogP contribution in [0, 0.1) is 0 Å². The lowest BCUT2D eigenvalue weighted by atomic mass is 9.74. The van der Waals surface area contributed by atoms with E-state index in [0.29, 0.717) is 18.0 Å². The number of ether oxygens (including phenoxy) is 2. The molecule has 2 aromatic carbocycles. The molecule has 1 saturated heterocycles. The Labute approximate surface area is 171 Å². The van der Waals surface area contributed by atoms with E-state index in [1.54, 1.807) is 7.11 Å². The van der Waals surface area contributed by atoms with Crippen molar-refractivity contribution in [2.75, 3.05) is 13.7 Å². The number of carbonyl (C=O) groups is 1. The maximum atomic E-state index is 12.2. The molecule has 1 amide bonds. The molecule has 0 unspecified atom stereocenters. The molecule has 1 atom stereocenters. The number of hydrogen-bond acceptors (Lipinski definition) is 3. The number of carbonyl (C=O) groups excluding carboxylic acids is 1. The molecule has 2 fully saturated rings. The molecule has 0 bridgehead atoms.